The molecule has 1 aliphatic rings. The molecule has 0 aliphatic carbocycles. The van der Waals surface area contributed by atoms with Gasteiger partial charge in [-0.15, -0.1) is 12.3 Å². The van der Waals surface area contributed by atoms with Gasteiger partial charge in [-0.1, -0.05) is 18.5 Å². The summed E-state index contributed by atoms with van der Waals surface area (Å²) in [4.78, 5) is 0. The molecule has 1 aromatic rings. The molecular weight excluding hydrogens is 262 g/mol. The maximum Gasteiger partial charge on any atom is 0.179 e. The lowest BCUT2D eigenvalue weighted by Crippen LogP contribution is -2.27. The van der Waals surface area contributed by atoms with Crippen molar-refractivity contribution in [2.75, 3.05) is 13.2 Å². The minimum absolute atomic E-state index is 0.331. The van der Waals surface area contributed by atoms with E-state index in [1.807, 2.05) is 12.1 Å². The molecule has 1 aliphatic heterocycles. The Labute approximate surface area is 119 Å². The highest BCUT2D eigenvalue weighted by Crippen LogP contribution is 2.38. The van der Waals surface area contributed by atoms with E-state index in [2.05, 4.69) is 18.2 Å². The first-order chi connectivity index (χ1) is 9.24. The molecule has 0 spiro atoms. The molecular formula is C15H18ClNO2. The fraction of sp³-hybridized carbons (Fsp3) is 0.467. The fourth-order valence-corrected chi connectivity index (χ4v) is 2.32. The first kappa shape index (κ1) is 14.0. The molecule has 0 radical (unpaired) electrons. The molecule has 3 nitrogen and oxygen atoms in total. The lowest BCUT2D eigenvalue weighted by Gasteiger charge is -2.21. The van der Waals surface area contributed by atoms with E-state index < -0.39 is 0 Å². The van der Waals surface area contributed by atoms with Crippen LogP contribution in [0, 0.1) is 12.3 Å². The Morgan fingerprint density at radius 2 is 2.21 bits per heavy atom. The van der Waals surface area contributed by atoms with Crippen molar-refractivity contribution >= 4 is 11.6 Å². The number of terminal acetylenes is 1. The molecule has 19 heavy (non-hydrogen) atoms. The van der Waals surface area contributed by atoms with Gasteiger partial charge in [-0.2, -0.15) is 0 Å². The van der Waals surface area contributed by atoms with Gasteiger partial charge >= 0.3 is 0 Å². The van der Waals surface area contributed by atoms with E-state index in [4.69, 9.17) is 27.5 Å². The Bertz CT molecular complexity index is 482. The molecule has 1 atom stereocenters. The van der Waals surface area contributed by atoms with E-state index in [1.165, 1.54) is 0 Å². The molecule has 1 N–H and O–H groups in total. The molecule has 1 unspecified atom stereocenters. The summed E-state index contributed by atoms with van der Waals surface area (Å²) < 4.78 is 11.0. The van der Waals surface area contributed by atoms with Gasteiger partial charge in [0.15, 0.2) is 11.5 Å². The normalized spacial score (nSPS) is 14.8. The highest BCUT2D eigenvalue weighted by molar-refractivity contribution is 6.32. The van der Waals surface area contributed by atoms with Crippen molar-refractivity contribution in [2.45, 2.75) is 32.4 Å². The number of ether oxygens (including phenoxy) is 2. The average molecular weight is 280 g/mol. The van der Waals surface area contributed by atoms with Crippen LogP contribution in [0.1, 0.15) is 25.3 Å². The van der Waals surface area contributed by atoms with E-state index in [9.17, 15) is 0 Å². The molecule has 0 aromatic heterocycles. The number of nitrogens with one attached hydrogen (secondary N) is 1. The number of halogens is 1. The van der Waals surface area contributed by atoms with Crippen molar-refractivity contribution in [2.24, 2.45) is 0 Å². The lowest BCUT2D eigenvalue weighted by molar-refractivity contribution is 0.171. The highest BCUT2D eigenvalue weighted by Gasteiger charge is 2.16. The van der Waals surface area contributed by atoms with Crippen LogP contribution in [0.25, 0.3) is 0 Å². The van der Waals surface area contributed by atoms with Crippen LogP contribution in [0.3, 0.4) is 0 Å². The van der Waals surface area contributed by atoms with Crippen LogP contribution in [0.4, 0.5) is 0 Å². The summed E-state index contributed by atoms with van der Waals surface area (Å²) >= 11 is 6.19. The molecule has 4 heteroatoms. The summed E-state index contributed by atoms with van der Waals surface area (Å²) in [5.41, 5.74) is 1.07. The maximum atomic E-state index is 6.19. The van der Waals surface area contributed by atoms with Crippen molar-refractivity contribution in [1.82, 2.24) is 5.32 Å². The van der Waals surface area contributed by atoms with Gasteiger partial charge in [-0.05, 0) is 24.1 Å². The Balaban J connectivity index is 2.05. The molecule has 0 fully saturated rings. The summed E-state index contributed by atoms with van der Waals surface area (Å²) in [5.74, 6) is 4.05. The summed E-state index contributed by atoms with van der Waals surface area (Å²) in [7, 11) is 0. The van der Waals surface area contributed by atoms with E-state index >= 15 is 0 Å². The third-order valence-electron chi connectivity index (χ3n) is 3.11. The zero-order valence-electron chi connectivity index (χ0n) is 11.0. The van der Waals surface area contributed by atoms with Crippen LogP contribution < -0.4 is 14.8 Å². The largest absolute Gasteiger partial charge is 0.486 e. The third-order valence-corrected chi connectivity index (χ3v) is 3.39. The van der Waals surface area contributed by atoms with E-state index in [1.54, 1.807) is 0 Å². The van der Waals surface area contributed by atoms with Crippen molar-refractivity contribution in [3.8, 4) is 23.8 Å². The molecule has 1 aromatic carbocycles. The molecule has 2 rings (SSSR count). The summed E-state index contributed by atoms with van der Waals surface area (Å²) in [6, 6.07) is 4.21. The Morgan fingerprint density at radius 3 is 2.95 bits per heavy atom. The van der Waals surface area contributed by atoms with Gasteiger partial charge < -0.3 is 14.8 Å². The standard InChI is InChI=1S/C15H18ClNO2/c1-3-5-12(4-2)17-10-11-8-13(16)15-14(9-11)18-6-7-19-15/h1,8-9,12,17H,4-7,10H2,2H3. The van der Waals surface area contributed by atoms with Gasteiger partial charge in [0.25, 0.3) is 0 Å². The van der Waals surface area contributed by atoms with Gasteiger partial charge in [-0.3, -0.25) is 0 Å². The van der Waals surface area contributed by atoms with Crippen LogP contribution >= 0.6 is 11.6 Å². The highest BCUT2D eigenvalue weighted by atomic mass is 35.5. The average Bonchev–Trinajstić information content (AvgIpc) is 2.43. The van der Waals surface area contributed by atoms with Gasteiger partial charge in [0.05, 0.1) is 5.02 Å². The topological polar surface area (TPSA) is 30.5 Å². The summed E-state index contributed by atoms with van der Waals surface area (Å²) in [5, 5.41) is 4.02. The minimum atomic E-state index is 0.331. The SMILES string of the molecule is C#CCC(CC)NCc1cc(Cl)c2c(c1)OCCO2. The van der Waals surface area contributed by atoms with Crippen molar-refractivity contribution in [1.29, 1.82) is 0 Å². The smallest absolute Gasteiger partial charge is 0.179 e. The van der Waals surface area contributed by atoms with Crippen LogP contribution in [0.5, 0.6) is 11.5 Å². The number of hydrogen-bond donors (Lipinski definition) is 1. The second kappa shape index (κ2) is 6.70. The van der Waals surface area contributed by atoms with Crippen molar-refractivity contribution in [3.63, 3.8) is 0 Å². The van der Waals surface area contributed by atoms with Gasteiger partial charge in [-0.25, -0.2) is 0 Å². The number of benzene rings is 1. The summed E-state index contributed by atoms with van der Waals surface area (Å²) in [6.45, 7) is 3.95. The molecule has 0 saturated carbocycles. The second-order valence-electron chi connectivity index (χ2n) is 4.50. The fourth-order valence-electron chi connectivity index (χ4n) is 2.03. The molecule has 102 valence electrons. The van der Waals surface area contributed by atoms with Crippen LogP contribution in [-0.4, -0.2) is 19.3 Å². The van der Waals surface area contributed by atoms with Gasteiger partial charge in [0, 0.05) is 19.0 Å². The van der Waals surface area contributed by atoms with Crippen molar-refractivity contribution in [3.05, 3.63) is 22.7 Å². The van der Waals surface area contributed by atoms with E-state index in [-0.39, 0.29) is 0 Å². The number of hydrogen-bond acceptors (Lipinski definition) is 3. The number of fused-ring (bicyclic) bond motifs is 1. The maximum absolute atomic E-state index is 6.19. The molecule has 1 heterocycles. The zero-order chi connectivity index (χ0) is 13.7. The molecule has 0 amide bonds. The first-order valence-corrected chi connectivity index (χ1v) is 6.87. The first-order valence-electron chi connectivity index (χ1n) is 6.49. The third kappa shape index (κ3) is 3.56. The monoisotopic (exact) mass is 279 g/mol. The Hall–Kier alpha value is -1.37. The van der Waals surface area contributed by atoms with E-state index in [0.717, 1.165) is 30.7 Å². The van der Waals surface area contributed by atoms with Crippen molar-refractivity contribution < 1.29 is 9.47 Å². The van der Waals surface area contributed by atoms with Crippen LogP contribution in [0.2, 0.25) is 5.02 Å². The summed E-state index contributed by atoms with van der Waals surface area (Å²) in [6.07, 6.45) is 7.07. The van der Waals surface area contributed by atoms with Gasteiger partial charge in [0.1, 0.15) is 13.2 Å². The second-order valence-corrected chi connectivity index (χ2v) is 4.90. The Kier molecular flexibility index (Phi) is 4.95. The van der Waals surface area contributed by atoms with E-state index in [0.29, 0.717) is 30.0 Å². The zero-order valence-corrected chi connectivity index (χ0v) is 11.8. The quantitative estimate of drug-likeness (QED) is 0.841. The number of rotatable bonds is 5. The molecule has 0 bridgehead atoms. The lowest BCUT2D eigenvalue weighted by atomic mass is 10.1. The Morgan fingerprint density at radius 1 is 1.42 bits per heavy atom. The predicted molar refractivity (Wildman–Crippen MR) is 76.8 cm³/mol. The predicted octanol–water partition coefficient (Wildman–Crippen LogP) is 3.00. The minimum Gasteiger partial charge on any atom is -0.486 e. The molecule has 0 saturated heterocycles. The van der Waals surface area contributed by atoms with Gasteiger partial charge in [0.2, 0.25) is 0 Å². The van der Waals surface area contributed by atoms with Crippen LogP contribution in [-0.2, 0) is 6.54 Å². The van der Waals surface area contributed by atoms with Crippen LogP contribution in [0.15, 0.2) is 12.1 Å².